The maximum atomic E-state index is 12.8. The first-order valence-corrected chi connectivity index (χ1v) is 10.4. The van der Waals surface area contributed by atoms with Gasteiger partial charge in [-0.05, 0) is 37.3 Å². The minimum Gasteiger partial charge on any atom is -0.297 e. The fourth-order valence-corrected chi connectivity index (χ4v) is 5.68. The molecule has 0 N–H and O–H groups in total. The zero-order valence-electron chi connectivity index (χ0n) is 13.0. The van der Waals surface area contributed by atoms with Crippen LogP contribution >= 0.6 is 11.3 Å². The van der Waals surface area contributed by atoms with Gasteiger partial charge in [0, 0.05) is 44.1 Å². The summed E-state index contributed by atoms with van der Waals surface area (Å²) < 4.78 is 28.9. The van der Waals surface area contributed by atoms with E-state index in [1.807, 2.05) is 0 Å². The first kappa shape index (κ1) is 16.4. The maximum absolute atomic E-state index is 12.8. The Morgan fingerprint density at radius 3 is 2.36 bits per heavy atom. The monoisotopic (exact) mass is 343 g/mol. The summed E-state index contributed by atoms with van der Waals surface area (Å²) in [7, 11) is -3.25. The van der Waals surface area contributed by atoms with Crippen molar-refractivity contribution in [1.82, 2.24) is 13.5 Å². The van der Waals surface area contributed by atoms with Gasteiger partial charge in [-0.1, -0.05) is 12.5 Å². The predicted molar refractivity (Wildman–Crippen MR) is 90.1 cm³/mol. The molecule has 0 saturated carbocycles. The van der Waals surface area contributed by atoms with Crippen LogP contribution in [0.5, 0.6) is 0 Å². The third-order valence-corrected chi connectivity index (χ3v) is 7.37. The van der Waals surface area contributed by atoms with Crippen LogP contribution in [0, 0.1) is 0 Å². The summed E-state index contributed by atoms with van der Waals surface area (Å²) in [6.07, 6.45) is 4.06. The van der Waals surface area contributed by atoms with Crippen LogP contribution in [-0.4, -0.2) is 61.2 Å². The Balaban J connectivity index is 1.59. The average molecular weight is 344 g/mol. The van der Waals surface area contributed by atoms with Crippen molar-refractivity contribution in [1.29, 1.82) is 0 Å². The molecule has 3 heterocycles. The largest absolute Gasteiger partial charge is 0.297 e. The van der Waals surface area contributed by atoms with E-state index >= 15 is 0 Å². The molecule has 1 aromatic heterocycles. The molecule has 0 atom stereocenters. The van der Waals surface area contributed by atoms with Gasteiger partial charge < -0.3 is 0 Å². The molecular weight excluding hydrogens is 318 g/mol. The van der Waals surface area contributed by atoms with Gasteiger partial charge in [0.05, 0.1) is 0 Å². The Labute approximate surface area is 137 Å². The van der Waals surface area contributed by atoms with E-state index in [2.05, 4.69) is 22.4 Å². The van der Waals surface area contributed by atoms with Crippen LogP contribution in [0.4, 0.5) is 0 Å². The Bertz CT molecular complexity index is 553. The molecule has 2 aliphatic heterocycles. The summed E-state index contributed by atoms with van der Waals surface area (Å²) >= 11 is 1.77. The molecule has 0 spiro atoms. The van der Waals surface area contributed by atoms with Crippen molar-refractivity contribution in [3.63, 3.8) is 0 Å². The molecule has 0 bridgehead atoms. The molecule has 0 aromatic carbocycles. The molecule has 2 saturated heterocycles. The Kier molecular flexibility index (Phi) is 5.51. The third kappa shape index (κ3) is 3.89. The molecule has 5 nitrogen and oxygen atoms in total. The Morgan fingerprint density at radius 2 is 1.64 bits per heavy atom. The summed E-state index contributed by atoms with van der Waals surface area (Å²) in [5.74, 6) is 0. The number of hydrogen-bond acceptors (Lipinski definition) is 4. The standard InChI is InChI=1S/C15H25N3O2S2/c19-22(20,17-8-2-1-3-9-17)18-10-5-7-16(11-12-18)14-15-6-4-13-21-15/h4,6,13H,1-3,5,7-12,14H2. The molecular formula is C15H25N3O2S2. The molecule has 0 radical (unpaired) electrons. The van der Waals surface area contributed by atoms with E-state index in [1.54, 1.807) is 19.9 Å². The molecule has 22 heavy (non-hydrogen) atoms. The van der Waals surface area contributed by atoms with Crippen molar-refractivity contribution in [2.45, 2.75) is 32.2 Å². The molecule has 0 amide bonds. The molecule has 0 unspecified atom stereocenters. The summed E-state index contributed by atoms with van der Waals surface area (Å²) in [4.78, 5) is 3.73. The zero-order valence-corrected chi connectivity index (χ0v) is 14.6. The molecule has 0 aliphatic carbocycles. The minimum absolute atomic E-state index is 0.615. The summed E-state index contributed by atoms with van der Waals surface area (Å²) in [5, 5.41) is 2.10. The topological polar surface area (TPSA) is 43.9 Å². The third-order valence-electron chi connectivity index (χ3n) is 4.47. The lowest BCUT2D eigenvalue weighted by atomic mass is 10.2. The highest BCUT2D eigenvalue weighted by molar-refractivity contribution is 7.86. The van der Waals surface area contributed by atoms with Crippen molar-refractivity contribution in [2.24, 2.45) is 0 Å². The van der Waals surface area contributed by atoms with E-state index in [0.717, 1.165) is 45.3 Å². The second-order valence-corrected chi connectivity index (χ2v) is 9.04. The smallest absolute Gasteiger partial charge is 0.282 e. The molecule has 124 valence electrons. The van der Waals surface area contributed by atoms with Crippen molar-refractivity contribution in [3.8, 4) is 0 Å². The SMILES string of the molecule is O=S(=O)(N1CCCCC1)N1CCCN(Cc2cccs2)CC1. The molecule has 2 aliphatic rings. The van der Waals surface area contributed by atoms with Gasteiger partial charge in [-0.3, -0.25) is 4.90 Å². The minimum atomic E-state index is -3.25. The predicted octanol–water partition coefficient (Wildman–Crippen LogP) is 1.99. The van der Waals surface area contributed by atoms with Gasteiger partial charge in [0.25, 0.3) is 10.2 Å². The second-order valence-electron chi connectivity index (χ2n) is 6.08. The molecule has 3 rings (SSSR count). The quantitative estimate of drug-likeness (QED) is 0.840. The van der Waals surface area contributed by atoms with Crippen LogP contribution in [0.1, 0.15) is 30.6 Å². The van der Waals surface area contributed by atoms with Gasteiger partial charge in [-0.25, -0.2) is 0 Å². The van der Waals surface area contributed by atoms with Crippen molar-refractivity contribution in [2.75, 3.05) is 39.3 Å². The van der Waals surface area contributed by atoms with Crippen LogP contribution in [0.3, 0.4) is 0 Å². The van der Waals surface area contributed by atoms with E-state index in [0.29, 0.717) is 26.2 Å². The Morgan fingerprint density at radius 1 is 0.909 bits per heavy atom. The van der Waals surface area contributed by atoms with Crippen LogP contribution in [0.25, 0.3) is 0 Å². The summed E-state index contributed by atoms with van der Waals surface area (Å²) in [6, 6.07) is 4.22. The first-order valence-electron chi connectivity index (χ1n) is 8.16. The van der Waals surface area contributed by atoms with E-state index < -0.39 is 10.2 Å². The lowest BCUT2D eigenvalue weighted by Gasteiger charge is -2.31. The highest BCUT2D eigenvalue weighted by Crippen LogP contribution is 2.19. The molecule has 7 heteroatoms. The van der Waals surface area contributed by atoms with Crippen molar-refractivity contribution < 1.29 is 8.42 Å². The van der Waals surface area contributed by atoms with E-state index in [4.69, 9.17) is 0 Å². The fourth-order valence-electron chi connectivity index (χ4n) is 3.22. The van der Waals surface area contributed by atoms with Gasteiger partial charge >= 0.3 is 0 Å². The van der Waals surface area contributed by atoms with Crippen molar-refractivity contribution >= 4 is 21.5 Å². The van der Waals surface area contributed by atoms with E-state index in [1.165, 1.54) is 4.88 Å². The van der Waals surface area contributed by atoms with E-state index in [9.17, 15) is 8.42 Å². The number of piperidine rings is 1. The summed E-state index contributed by atoms with van der Waals surface area (Å²) in [5.41, 5.74) is 0. The summed E-state index contributed by atoms with van der Waals surface area (Å²) in [6.45, 7) is 5.39. The zero-order chi connectivity index (χ0) is 15.4. The highest BCUT2D eigenvalue weighted by Gasteiger charge is 2.31. The lowest BCUT2D eigenvalue weighted by Crippen LogP contribution is -2.47. The normalized spacial score (nSPS) is 23.5. The highest BCUT2D eigenvalue weighted by atomic mass is 32.2. The van der Waals surface area contributed by atoms with Crippen LogP contribution in [0.2, 0.25) is 0 Å². The first-order chi connectivity index (χ1) is 10.7. The molecule has 2 fully saturated rings. The molecule has 1 aromatic rings. The van der Waals surface area contributed by atoms with Crippen LogP contribution < -0.4 is 0 Å². The van der Waals surface area contributed by atoms with Gasteiger partial charge in [0.1, 0.15) is 0 Å². The number of nitrogens with zero attached hydrogens (tertiary/aromatic N) is 3. The van der Waals surface area contributed by atoms with Crippen LogP contribution in [-0.2, 0) is 16.8 Å². The van der Waals surface area contributed by atoms with Gasteiger partial charge in [0.2, 0.25) is 0 Å². The lowest BCUT2D eigenvalue weighted by molar-refractivity contribution is 0.274. The number of rotatable bonds is 4. The number of thiophene rings is 1. The van der Waals surface area contributed by atoms with Crippen LogP contribution in [0.15, 0.2) is 17.5 Å². The Hall–Kier alpha value is -0.470. The second kappa shape index (κ2) is 7.40. The van der Waals surface area contributed by atoms with Gasteiger partial charge in [-0.15, -0.1) is 11.3 Å². The maximum Gasteiger partial charge on any atom is 0.282 e. The van der Waals surface area contributed by atoms with Gasteiger partial charge in [-0.2, -0.15) is 17.0 Å². The van der Waals surface area contributed by atoms with Crippen molar-refractivity contribution in [3.05, 3.63) is 22.4 Å². The van der Waals surface area contributed by atoms with E-state index in [-0.39, 0.29) is 0 Å². The van der Waals surface area contributed by atoms with Gasteiger partial charge in [0.15, 0.2) is 0 Å². The fraction of sp³-hybridized carbons (Fsp3) is 0.733. The average Bonchev–Trinajstić information content (AvgIpc) is 2.92. The number of hydrogen-bond donors (Lipinski definition) is 0.